The van der Waals surface area contributed by atoms with Gasteiger partial charge in [0.2, 0.25) is 5.91 Å². The summed E-state index contributed by atoms with van der Waals surface area (Å²) >= 11 is 14.2. The zero-order chi connectivity index (χ0) is 27.8. The van der Waals surface area contributed by atoms with E-state index in [1.807, 2.05) is 29.2 Å². The van der Waals surface area contributed by atoms with Crippen LogP contribution in [0.25, 0.3) is 10.1 Å². The molecule has 3 aliphatic rings. The molecule has 0 radical (unpaired) electrons. The minimum Gasteiger partial charge on any atom is -0.337 e. The Morgan fingerprint density at radius 1 is 1.02 bits per heavy atom. The van der Waals surface area contributed by atoms with Crippen molar-refractivity contribution in [1.82, 2.24) is 14.7 Å². The van der Waals surface area contributed by atoms with Gasteiger partial charge in [-0.05, 0) is 56.1 Å². The summed E-state index contributed by atoms with van der Waals surface area (Å²) in [5.74, 6) is -0.729. The molecule has 3 fully saturated rings. The molecule has 3 saturated heterocycles. The number of nitrogens with one attached hydrogen (secondary N) is 1. The van der Waals surface area contributed by atoms with Crippen molar-refractivity contribution in [2.75, 3.05) is 43.9 Å². The Morgan fingerprint density at radius 3 is 2.58 bits per heavy atom. The molecule has 1 aromatic heterocycles. The summed E-state index contributed by atoms with van der Waals surface area (Å²) in [5, 5.41) is 5.53. The third-order valence-electron chi connectivity index (χ3n) is 8.66. The number of hydrogen-bond acceptors (Lipinski definition) is 5. The van der Waals surface area contributed by atoms with Crippen molar-refractivity contribution >= 4 is 62.1 Å². The first-order valence-corrected chi connectivity index (χ1v) is 15.8. The van der Waals surface area contributed by atoms with Gasteiger partial charge in [-0.3, -0.25) is 19.4 Å². The standard InChI is InChI=1S/C30H33Cl2FN4O2S/c31-14-20-12-21(36-15-22(16-36)35-8-4-1-5-9-35)17-37(20)29(38)11-19-10-25(32)27(13-26(19)33)34-30(39)24-18-40-28-7-3-2-6-23(24)28/h2-3,6-7,10,13,18,20-22H,1,4-5,8-9,11-12,14-17H2,(H,34,39). The summed E-state index contributed by atoms with van der Waals surface area (Å²) in [6, 6.07) is 11.1. The van der Waals surface area contributed by atoms with Gasteiger partial charge in [0.05, 0.1) is 22.7 Å². The molecule has 0 spiro atoms. The van der Waals surface area contributed by atoms with Crippen molar-refractivity contribution in [3.05, 3.63) is 63.7 Å². The predicted octanol–water partition coefficient (Wildman–Crippen LogP) is 5.87. The fourth-order valence-corrected chi connectivity index (χ4v) is 7.80. The molecule has 40 heavy (non-hydrogen) atoms. The second-order valence-corrected chi connectivity index (χ2v) is 12.8. The summed E-state index contributed by atoms with van der Waals surface area (Å²) in [6.07, 6.45) is 4.64. The van der Waals surface area contributed by atoms with Crippen LogP contribution in [0.15, 0.2) is 41.8 Å². The third kappa shape index (κ3) is 5.61. The van der Waals surface area contributed by atoms with Crippen molar-refractivity contribution in [3.8, 4) is 0 Å². The summed E-state index contributed by atoms with van der Waals surface area (Å²) < 4.78 is 16.2. The van der Waals surface area contributed by atoms with Gasteiger partial charge in [-0.25, -0.2) is 4.39 Å². The molecule has 0 saturated carbocycles. The number of alkyl halides is 1. The molecule has 0 bridgehead atoms. The number of halogens is 3. The van der Waals surface area contributed by atoms with E-state index in [0.29, 0.717) is 24.0 Å². The second-order valence-electron chi connectivity index (χ2n) is 11.1. The van der Waals surface area contributed by atoms with Crippen LogP contribution in [0, 0.1) is 5.82 Å². The van der Waals surface area contributed by atoms with Crippen molar-refractivity contribution in [2.45, 2.75) is 50.2 Å². The molecule has 3 aliphatic heterocycles. The van der Waals surface area contributed by atoms with E-state index in [0.717, 1.165) is 29.6 Å². The molecule has 1 N–H and O–H groups in total. The van der Waals surface area contributed by atoms with Crippen molar-refractivity contribution in [1.29, 1.82) is 0 Å². The molecule has 3 aromatic rings. The number of nitrogens with zero attached hydrogens (tertiary/aromatic N) is 3. The highest BCUT2D eigenvalue weighted by molar-refractivity contribution is 7.17. The molecule has 2 amide bonds. The number of likely N-dealkylation sites (tertiary alicyclic amines) is 3. The number of thiophene rings is 1. The molecule has 2 aromatic carbocycles. The Balaban J connectivity index is 1.08. The zero-order valence-corrected chi connectivity index (χ0v) is 24.6. The number of amides is 2. The quantitative estimate of drug-likeness (QED) is 0.344. The molecule has 212 valence electrons. The molecular formula is C30H33Cl2FN4O2S. The number of fused-ring (bicyclic) bond motifs is 1. The normalized spacial score (nSPS) is 22.5. The first-order chi connectivity index (χ1) is 19.4. The van der Waals surface area contributed by atoms with Gasteiger partial charge in [0.1, 0.15) is 5.82 Å². The first kappa shape index (κ1) is 27.9. The molecule has 2 unspecified atom stereocenters. The summed E-state index contributed by atoms with van der Waals surface area (Å²) in [5.41, 5.74) is 0.896. The molecular weight excluding hydrogens is 570 g/mol. The Labute approximate surface area is 248 Å². The van der Waals surface area contributed by atoms with Crippen LogP contribution in [0.3, 0.4) is 0 Å². The van der Waals surface area contributed by atoms with E-state index in [1.165, 1.54) is 55.8 Å². The maximum atomic E-state index is 15.2. The van der Waals surface area contributed by atoms with Crippen LogP contribution in [0.5, 0.6) is 0 Å². The number of rotatable bonds is 7. The Kier molecular flexibility index (Phi) is 8.33. The van der Waals surface area contributed by atoms with Crippen LogP contribution in [-0.4, -0.2) is 83.2 Å². The largest absolute Gasteiger partial charge is 0.337 e. The Hall–Kier alpha value is -2.23. The molecule has 2 atom stereocenters. The van der Waals surface area contributed by atoms with Crippen LogP contribution >= 0.6 is 34.5 Å². The van der Waals surface area contributed by atoms with Gasteiger partial charge in [0, 0.05) is 59.1 Å². The lowest BCUT2D eigenvalue weighted by Gasteiger charge is -2.49. The first-order valence-electron chi connectivity index (χ1n) is 14.0. The third-order valence-corrected chi connectivity index (χ3v) is 10.3. The summed E-state index contributed by atoms with van der Waals surface area (Å²) in [7, 11) is 0. The zero-order valence-electron chi connectivity index (χ0n) is 22.3. The molecule has 4 heterocycles. The van der Waals surface area contributed by atoms with E-state index < -0.39 is 5.82 Å². The van der Waals surface area contributed by atoms with Gasteiger partial charge in [-0.1, -0.05) is 36.2 Å². The van der Waals surface area contributed by atoms with E-state index in [1.54, 1.807) is 5.38 Å². The molecule has 10 heteroatoms. The van der Waals surface area contributed by atoms with Crippen molar-refractivity contribution in [3.63, 3.8) is 0 Å². The highest BCUT2D eigenvalue weighted by atomic mass is 35.5. The Bertz CT molecular complexity index is 1410. The number of benzene rings is 2. The average Bonchev–Trinajstić information content (AvgIpc) is 3.56. The van der Waals surface area contributed by atoms with E-state index in [2.05, 4.69) is 15.1 Å². The van der Waals surface area contributed by atoms with Crippen LogP contribution < -0.4 is 5.32 Å². The van der Waals surface area contributed by atoms with E-state index in [4.69, 9.17) is 23.2 Å². The minimum absolute atomic E-state index is 0.0641. The molecule has 0 aliphatic carbocycles. The molecule has 6 nitrogen and oxygen atoms in total. The van der Waals surface area contributed by atoms with Crippen LogP contribution in [-0.2, 0) is 11.2 Å². The number of hydrogen-bond donors (Lipinski definition) is 1. The lowest BCUT2D eigenvalue weighted by molar-refractivity contribution is -0.131. The number of carbonyl (C=O) groups is 2. The maximum Gasteiger partial charge on any atom is 0.257 e. The van der Waals surface area contributed by atoms with Gasteiger partial charge >= 0.3 is 0 Å². The summed E-state index contributed by atoms with van der Waals surface area (Å²) in [6.45, 7) is 5.08. The van der Waals surface area contributed by atoms with Gasteiger partial charge in [-0.2, -0.15) is 0 Å². The Morgan fingerprint density at radius 2 is 1.80 bits per heavy atom. The fraction of sp³-hybridized carbons (Fsp3) is 0.467. The maximum absolute atomic E-state index is 15.2. The van der Waals surface area contributed by atoms with Gasteiger partial charge in [-0.15, -0.1) is 22.9 Å². The van der Waals surface area contributed by atoms with E-state index in [-0.39, 0.29) is 46.6 Å². The lowest BCUT2D eigenvalue weighted by atomic mass is 9.99. The minimum atomic E-state index is -0.575. The second kappa shape index (κ2) is 11.9. The van der Waals surface area contributed by atoms with Crippen LogP contribution in [0.2, 0.25) is 5.02 Å². The van der Waals surface area contributed by atoms with Gasteiger partial charge in [0.25, 0.3) is 5.91 Å². The number of anilines is 1. The highest BCUT2D eigenvalue weighted by Gasteiger charge is 2.43. The predicted molar refractivity (Wildman–Crippen MR) is 160 cm³/mol. The van der Waals surface area contributed by atoms with Crippen LogP contribution in [0.4, 0.5) is 10.1 Å². The lowest BCUT2D eigenvalue weighted by Crippen LogP contribution is -2.63. The van der Waals surface area contributed by atoms with Gasteiger partial charge < -0.3 is 10.2 Å². The number of piperidine rings is 1. The fourth-order valence-electron chi connectivity index (χ4n) is 6.34. The van der Waals surface area contributed by atoms with Gasteiger partial charge in [0.15, 0.2) is 0 Å². The molecule has 6 rings (SSSR count). The summed E-state index contributed by atoms with van der Waals surface area (Å²) in [4.78, 5) is 33.2. The van der Waals surface area contributed by atoms with E-state index >= 15 is 4.39 Å². The van der Waals surface area contributed by atoms with E-state index in [9.17, 15) is 9.59 Å². The van der Waals surface area contributed by atoms with Crippen molar-refractivity contribution < 1.29 is 14.0 Å². The highest BCUT2D eigenvalue weighted by Crippen LogP contribution is 2.32. The van der Waals surface area contributed by atoms with Crippen LogP contribution in [0.1, 0.15) is 41.6 Å². The van der Waals surface area contributed by atoms with Crippen molar-refractivity contribution in [2.24, 2.45) is 0 Å². The topological polar surface area (TPSA) is 55.9 Å². The smallest absolute Gasteiger partial charge is 0.257 e. The SMILES string of the molecule is O=C(Nc1cc(F)c(CC(=O)N2CC(N3CC(N4CCCCC4)C3)CC2CCl)cc1Cl)c1csc2ccccc12. The monoisotopic (exact) mass is 602 g/mol. The average molecular weight is 604 g/mol. The number of carbonyl (C=O) groups excluding carboxylic acids is 2.